The van der Waals surface area contributed by atoms with E-state index in [4.69, 9.17) is 9.47 Å². The summed E-state index contributed by atoms with van der Waals surface area (Å²) in [6.45, 7) is 12.2. The highest BCUT2D eigenvalue weighted by molar-refractivity contribution is 5.89. The fraction of sp³-hybridized carbons (Fsp3) is 0.778. The summed E-state index contributed by atoms with van der Waals surface area (Å²) in [6, 6.07) is 0. The number of unbranched alkanes of at least 4 members (excludes halogenated alkanes) is 11. The quantitative estimate of drug-likeness (QED) is 0.0838. The second kappa shape index (κ2) is 20.3. The van der Waals surface area contributed by atoms with Crippen LogP contribution in [-0.2, 0) is 19.1 Å². The average Bonchev–Trinajstić information content (AvgIpc) is 2.75. The van der Waals surface area contributed by atoms with Crippen molar-refractivity contribution in [3.8, 4) is 0 Å². The number of hydrogen-bond donors (Lipinski definition) is 0. The molecular weight excluding hydrogens is 388 g/mol. The molecule has 0 aliphatic carbocycles. The first kappa shape index (κ1) is 29.4. The Balaban J connectivity index is 4.29. The van der Waals surface area contributed by atoms with Gasteiger partial charge in [0.2, 0.25) is 0 Å². The van der Waals surface area contributed by atoms with Crippen molar-refractivity contribution >= 4 is 11.9 Å². The lowest BCUT2D eigenvalue weighted by molar-refractivity contribution is -0.139. The maximum Gasteiger partial charge on any atom is 0.337 e. The highest BCUT2D eigenvalue weighted by Gasteiger charge is 2.16. The van der Waals surface area contributed by atoms with Crippen LogP contribution in [0.15, 0.2) is 24.0 Å². The molecule has 4 nitrogen and oxygen atoms in total. The van der Waals surface area contributed by atoms with Gasteiger partial charge in [0.1, 0.15) is 5.76 Å². The van der Waals surface area contributed by atoms with Gasteiger partial charge in [-0.05, 0) is 25.7 Å². The Morgan fingerprint density at radius 1 is 0.839 bits per heavy atom. The van der Waals surface area contributed by atoms with Crippen LogP contribution in [-0.4, -0.2) is 18.5 Å². The number of rotatable bonds is 20. The van der Waals surface area contributed by atoms with E-state index in [0.29, 0.717) is 30.3 Å². The first-order chi connectivity index (χ1) is 14.9. The Hall–Kier alpha value is -1.58. The number of allylic oxidation sites excluding steroid dienone is 1. The second-order valence-corrected chi connectivity index (χ2v) is 8.98. The Morgan fingerprint density at radius 3 is 1.94 bits per heavy atom. The topological polar surface area (TPSA) is 52.6 Å². The fourth-order valence-electron chi connectivity index (χ4n) is 3.47. The van der Waals surface area contributed by atoms with Crippen LogP contribution in [0, 0.1) is 5.92 Å². The van der Waals surface area contributed by atoms with Crippen LogP contribution in [0.5, 0.6) is 0 Å². The van der Waals surface area contributed by atoms with E-state index in [0.717, 1.165) is 38.2 Å². The van der Waals surface area contributed by atoms with E-state index in [2.05, 4.69) is 27.4 Å². The molecule has 0 fully saturated rings. The maximum atomic E-state index is 12.4. The molecule has 0 saturated carbocycles. The zero-order chi connectivity index (χ0) is 23.3. The van der Waals surface area contributed by atoms with E-state index in [1.165, 1.54) is 57.8 Å². The monoisotopic (exact) mass is 436 g/mol. The van der Waals surface area contributed by atoms with E-state index in [1.54, 1.807) is 6.92 Å². The third-order valence-electron chi connectivity index (χ3n) is 5.53. The molecule has 180 valence electrons. The van der Waals surface area contributed by atoms with Gasteiger partial charge in [-0.2, -0.15) is 0 Å². The Kier molecular flexibility index (Phi) is 19.3. The summed E-state index contributed by atoms with van der Waals surface area (Å²) in [7, 11) is 0. The van der Waals surface area contributed by atoms with Crippen molar-refractivity contribution in [2.45, 2.75) is 124 Å². The number of ether oxygens (including phenoxy) is 2. The van der Waals surface area contributed by atoms with Crippen LogP contribution < -0.4 is 0 Å². The van der Waals surface area contributed by atoms with E-state index < -0.39 is 5.97 Å². The average molecular weight is 437 g/mol. The summed E-state index contributed by atoms with van der Waals surface area (Å²) < 4.78 is 10.8. The van der Waals surface area contributed by atoms with Crippen molar-refractivity contribution in [2.75, 3.05) is 6.61 Å². The number of hydrogen-bond acceptors (Lipinski definition) is 4. The predicted octanol–water partition coefficient (Wildman–Crippen LogP) is 8.06. The van der Waals surface area contributed by atoms with Crippen molar-refractivity contribution in [1.29, 1.82) is 0 Å². The van der Waals surface area contributed by atoms with E-state index in [-0.39, 0.29) is 5.97 Å². The molecule has 0 aromatic rings. The van der Waals surface area contributed by atoms with Gasteiger partial charge in [-0.1, -0.05) is 104 Å². The largest absolute Gasteiger partial charge is 0.462 e. The minimum atomic E-state index is -0.525. The van der Waals surface area contributed by atoms with Crippen molar-refractivity contribution in [1.82, 2.24) is 0 Å². The Labute approximate surface area is 191 Å². The Morgan fingerprint density at radius 2 is 1.39 bits per heavy atom. The predicted molar refractivity (Wildman–Crippen MR) is 130 cm³/mol. The summed E-state index contributed by atoms with van der Waals surface area (Å²) in [4.78, 5) is 24.1. The second-order valence-electron chi connectivity index (χ2n) is 8.98. The molecular formula is C27H48O4. The molecule has 0 bridgehead atoms. The summed E-state index contributed by atoms with van der Waals surface area (Å²) in [5, 5.41) is 0. The third kappa shape index (κ3) is 17.8. The molecule has 0 rings (SSSR count). The minimum Gasteiger partial charge on any atom is -0.462 e. The van der Waals surface area contributed by atoms with Crippen molar-refractivity contribution < 1.29 is 19.1 Å². The zero-order valence-electron chi connectivity index (χ0n) is 20.8. The molecule has 0 atom stereocenters. The summed E-state index contributed by atoms with van der Waals surface area (Å²) in [5.41, 5.74) is 0.397. The highest BCUT2D eigenvalue weighted by atomic mass is 16.5. The minimum absolute atomic E-state index is 0.386. The van der Waals surface area contributed by atoms with Crippen LogP contribution in [0.1, 0.15) is 124 Å². The number of carbonyl (C=O) groups is 2. The zero-order valence-corrected chi connectivity index (χ0v) is 20.8. The first-order valence-electron chi connectivity index (χ1n) is 12.6. The van der Waals surface area contributed by atoms with Crippen LogP contribution in [0.2, 0.25) is 0 Å². The molecule has 0 aliphatic heterocycles. The molecule has 0 saturated heterocycles. The standard InChI is InChI=1S/C27H48O4/c1-6-8-9-10-11-12-13-14-15-18-21-25(31-26(28)7-2)24(5)27(29)30-22-19-16-17-20-23(3)4/h7,23H,2,6,8-22H2,1,3-5H3. The lowest BCUT2D eigenvalue weighted by Crippen LogP contribution is -2.12. The van der Waals surface area contributed by atoms with Crippen LogP contribution in [0.25, 0.3) is 0 Å². The SMILES string of the molecule is C=CC(=O)OC(CCCCCCCCCCCC)=C(C)C(=O)OCCCCCC(C)C. The molecule has 0 aromatic heterocycles. The number of carbonyl (C=O) groups excluding carboxylic acids is 2. The van der Waals surface area contributed by atoms with Gasteiger partial charge in [0.15, 0.2) is 0 Å². The van der Waals surface area contributed by atoms with Crippen LogP contribution in [0.4, 0.5) is 0 Å². The fourth-order valence-corrected chi connectivity index (χ4v) is 3.47. The molecule has 0 N–H and O–H groups in total. The summed E-state index contributed by atoms with van der Waals surface area (Å²) in [6.07, 6.45) is 18.3. The van der Waals surface area contributed by atoms with Crippen molar-refractivity contribution in [2.24, 2.45) is 5.92 Å². The summed E-state index contributed by atoms with van der Waals surface area (Å²) >= 11 is 0. The van der Waals surface area contributed by atoms with Crippen molar-refractivity contribution in [3.05, 3.63) is 24.0 Å². The van der Waals surface area contributed by atoms with Gasteiger partial charge in [0, 0.05) is 12.5 Å². The van der Waals surface area contributed by atoms with Gasteiger partial charge >= 0.3 is 11.9 Å². The van der Waals surface area contributed by atoms with Gasteiger partial charge in [-0.15, -0.1) is 0 Å². The van der Waals surface area contributed by atoms with E-state index in [9.17, 15) is 9.59 Å². The lowest BCUT2D eigenvalue weighted by Gasteiger charge is -2.12. The van der Waals surface area contributed by atoms with Crippen LogP contribution in [0.3, 0.4) is 0 Å². The molecule has 0 unspecified atom stereocenters. The summed E-state index contributed by atoms with van der Waals surface area (Å²) in [5.74, 6) is 0.223. The van der Waals surface area contributed by atoms with Gasteiger partial charge in [-0.25, -0.2) is 9.59 Å². The molecule has 0 amide bonds. The van der Waals surface area contributed by atoms with Gasteiger partial charge < -0.3 is 9.47 Å². The number of esters is 2. The Bertz CT molecular complexity index is 519. The van der Waals surface area contributed by atoms with E-state index >= 15 is 0 Å². The molecule has 31 heavy (non-hydrogen) atoms. The first-order valence-corrected chi connectivity index (χ1v) is 12.6. The molecule has 0 aromatic carbocycles. The van der Waals surface area contributed by atoms with Crippen molar-refractivity contribution in [3.63, 3.8) is 0 Å². The van der Waals surface area contributed by atoms with Crippen LogP contribution >= 0.6 is 0 Å². The van der Waals surface area contributed by atoms with Gasteiger partial charge in [-0.3, -0.25) is 0 Å². The molecule has 0 spiro atoms. The molecule has 0 radical (unpaired) electrons. The molecule has 4 heteroatoms. The normalized spacial score (nSPS) is 11.9. The van der Waals surface area contributed by atoms with Gasteiger partial charge in [0.25, 0.3) is 0 Å². The maximum absolute atomic E-state index is 12.4. The van der Waals surface area contributed by atoms with E-state index in [1.807, 2.05) is 0 Å². The molecule has 0 aliphatic rings. The smallest absolute Gasteiger partial charge is 0.337 e. The highest BCUT2D eigenvalue weighted by Crippen LogP contribution is 2.19. The lowest BCUT2D eigenvalue weighted by atomic mass is 10.0. The van der Waals surface area contributed by atoms with Gasteiger partial charge in [0.05, 0.1) is 12.2 Å². The third-order valence-corrected chi connectivity index (χ3v) is 5.53. The molecule has 0 heterocycles.